The van der Waals surface area contributed by atoms with Crippen LogP contribution in [0.1, 0.15) is 38.4 Å². The van der Waals surface area contributed by atoms with Crippen molar-refractivity contribution in [2.24, 2.45) is 0 Å². The SMILES string of the molecule is Cc1nc(CNC(C)C(=O)NC(C)(C)C)cs1. The number of hydrogen-bond donors (Lipinski definition) is 2. The number of carbonyl (C=O) groups is 1. The average Bonchev–Trinajstić information content (AvgIpc) is 2.58. The van der Waals surface area contributed by atoms with E-state index in [9.17, 15) is 4.79 Å². The number of nitrogens with one attached hydrogen (secondary N) is 2. The highest BCUT2D eigenvalue weighted by Crippen LogP contribution is 2.07. The van der Waals surface area contributed by atoms with Crippen LogP contribution in [0.5, 0.6) is 0 Å². The topological polar surface area (TPSA) is 54.0 Å². The van der Waals surface area contributed by atoms with Gasteiger partial charge in [-0.3, -0.25) is 4.79 Å². The molecule has 0 aliphatic carbocycles. The van der Waals surface area contributed by atoms with Crippen molar-refractivity contribution in [3.63, 3.8) is 0 Å². The second kappa shape index (κ2) is 5.60. The van der Waals surface area contributed by atoms with Crippen LogP contribution in [0.2, 0.25) is 0 Å². The molecule has 0 aliphatic heterocycles. The number of rotatable bonds is 4. The van der Waals surface area contributed by atoms with Crippen molar-refractivity contribution in [1.82, 2.24) is 15.6 Å². The molecule has 1 aromatic heterocycles. The maximum Gasteiger partial charge on any atom is 0.237 e. The first-order chi connectivity index (χ1) is 7.78. The van der Waals surface area contributed by atoms with E-state index < -0.39 is 0 Å². The predicted octanol–water partition coefficient (Wildman–Crippen LogP) is 1.84. The molecule has 0 aliphatic rings. The van der Waals surface area contributed by atoms with Crippen LogP contribution in [0.4, 0.5) is 0 Å². The summed E-state index contributed by atoms with van der Waals surface area (Å²) in [5, 5.41) is 9.17. The lowest BCUT2D eigenvalue weighted by Gasteiger charge is -2.23. The van der Waals surface area contributed by atoms with Gasteiger partial charge in [0.25, 0.3) is 0 Å². The molecule has 0 saturated heterocycles. The van der Waals surface area contributed by atoms with E-state index in [1.54, 1.807) is 11.3 Å². The number of aryl methyl sites for hydroxylation is 1. The Kier molecular flexibility index (Phi) is 4.65. The lowest BCUT2D eigenvalue weighted by Crippen LogP contribution is -2.49. The van der Waals surface area contributed by atoms with Gasteiger partial charge in [0.15, 0.2) is 0 Å². The molecule has 1 atom stereocenters. The van der Waals surface area contributed by atoms with Gasteiger partial charge >= 0.3 is 0 Å². The van der Waals surface area contributed by atoms with Gasteiger partial charge < -0.3 is 10.6 Å². The van der Waals surface area contributed by atoms with Gasteiger partial charge in [-0.05, 0) is 34.6 Å². The fraction of sp³-hybridized carbons (Fsp3) is 0.667. The molecular formula is C12H21N3OS. The third-order valence-corrected chi connectivity index (χ3v) is 2.97. The highest BCUT2D eigenvalue weighted by atomic mass is 32.1. The zero-order chi connectivity index (χ0) is 13.1. The molecule has 17 heavy (non-hydrogen) atoms. The number of thiazole rings is 1. The largest absolute Gasteiger partial charge is 0.350 e. The van der Waals surface area contributed by atoms with Crippen molar-refractivity contribution >= 4 is 17.2 Å². The van der Waals surface area contributed by atoms with Crippen LogP contribution in [-0.2, 0) is 11.3 Å². The molecule has 96 valence electrons. The zero-order valence-corrected chi connectivity index (χ0v) is 11.9. The summed E-state index contributed by atoms with van der Waals surface area (Å²) in [5.41, 5.74) is 0.799. The Hall–Kier alpha value is -0.940. The molecule has 4 nitrogen and oxygen atoms in total. The third kappa shape index (κ3) is 5.28. The minimum Gasteiger partial charge on any atom is -0.350 e. The van der Waals surface area contributed by atoms with Gasteiger partial charge in [-0.25, -0.2) is 4.98 Å². The van der Waals surface area contributed by atoms with E-state index in [1.165, 1.54) is 0 Å². The number of aromatic nitrogens is 1. The summed E-state index contributed by atoms with van der Waals surface area (Å²) in [6, 6.07) is -0.212. The van der Waals surface area contributed by atoms with Gasteiger partial charge in [0.2, 0.25) is 5.91 Å². The van der Waals surface area contributed by atoms with Crippen LogP contribution < -0.4 is 10.6 Å². The monoisotopic (exact) mass is 255 g/mol. The Morgan fingerprint density at radius 3 is 2.65 bits per heavy atom. The van der Waals surface area contributed by atoms with E-state index in [4.69, 9.17) is 0 Å². The molecule has 1 rings (SSSR count). The fourth-order valence-corrected chi connectivity index (χ4v) is 1.93. The highest BCUT2D eigenvalue weighted by Gasteiger charge is 2.18. The van der Waals surface area contributed by atoms with Gasteiger partial charge in [0, 0.05) is 17.5 Å². The molecule has 1 unspecified atom stereocenters. The molecule has 5 heteroatoms. The normalized spacial score (nSPS) is 13.5. The lowest BCUT2D eigenvalue weighted by atomic mass is 10.1. The molecule has 0 radical (unpaired) electrons. The summed E-state index contributed by atoms with van der Waals surface area (Å²) in [4.78, 5) is 16.1. The Morgan fingerprint density at radius 2 is 2.18 bits per heavy atom. The molecule has 2 N–H and O–H groups in total. The van der Waals surface area contributed by atoms with Crippen LogP contribution in [0.25, 0.3) is 0 Å². The number of carbonyl (C=O) groups excluding carboxylic acids is 1. The van der Waals surface area contributed by atoms with Gasteiger partial charge in [0.1, 0.15) is 0 Å². The van der Waals surface area contributed by atoms with Crippen molar-refractivity contribution in [3.8, 4) is 0 Å². The standard InChI is InChI=1S/C12H21N3OS/c1-8(11(16)15-12(3,4)5)13-6-10-7-17-9(2)14-10/h7-8,13H,6H2,1-5H3,(H,15,16). The zero-order valence-electron chi connectivity index (χ0n) is 11.1. The van der Waals surface area contributed by atoms with Crippen molar-refractivity contribution in [2.75, 3.05) is 0 Å². The first-order valence-electron chi connectivity index (χ1n) is 5.74. The molecule has 0 bridgehead atoms. The Morgan fingerprint density at radius 1 is 1.53 bits per heavy atom. The first-order valence-corrected chi connectivity index (χ1v) is 6.62. The summed E-state index contributed by atoms with van der Waals surface area (Å²) in [7, 11) is 0. The molecule has 0 aromatic carbocycles. The third-order valence-electron chi connectivity index (χ3n) is 2.15. The first kappa shape index (κ1) is 14.1. The molecule has 1 amide bonds. The quantitative estimate of drug-likeness (QED) is 0.863. The number of hydrogen-bond acceptors (Lipinski definition) is 4. The summed E-state index contributed by atoms with van der Waals surface area (Å²) in [6.07, 6.45) is 0. The molecule has 0 saturated carbocycles. The van der Waals surface area contributed by atoms with E-state index in [0.29, 0.717) is 6.54 Å². The van der Waals surface area contributed by atoms with Gasteiger partial charge in [-0.1, -0.05) is 0 Å². The fourth-order valence-electron chi connectivity index (χ4n) is 1.32. The molecular weight excluding hydrogens is 234 g/mol. The van der Waals surface area contributed by atoms with E-state index in [-0.39, 0.29) is 17.5 Å². The van der Waals surface area contributed by atoms with Crippen LogP contribution in [0.3, 0.4) is 0 Å². The Balaban J connectivity index is 2.39. The smallest absolute Gasteiger partial charge is 0.237 e. The molecule has 0 fully saturated rings. The average molecular weight is 255 g/mol. The van der Waals surface area contributed by atoms with Crippen LogP contribution in [0, 0.1) is 6.92 Å². The van der Waals surface area contributed by atoms with Crippen molar-refractivity contribution in [1.29, 1.82) is 0 Å². The van der Waals surface area contributed by atoms with Gasteiger partial charge in [-0.15, -0.1) is 11.3 Å². The maximum absolute atomic E-state index is 11.8. The van der Waals surface area contributed by atoms with Gasteiger partial charge in [-0.2, -0.15) is 0 Å². The van der Waals surface area contributed by atoms with Crippen LogP contribution in [0.15, 0.2) is 5.38 Å². The van der Waals surface area contributed by atoms with E-state index in [2.05, 4.69) is 15.6 Å². The maximum atomic E-state index is 11.8. The number of nitrogens with zero attached hydrogens (tertiary/aromatic N) is 1. The molecule has 1 heterocycles. The minimum atomic E-state index is -0.212. The number of amides is 1. The summed E-state index contributed by atoms with van der Waals surface area (Å²) in [5.74, 6) is 0.0180. The summed E-state index contributed by atoms with van der Waals surface area (Å²) >= 11 is 1.62. The van der Waals surface area contributed by atoms with E-state index in [0.717, 1.165) is 10.7 Å². The summed E-state index contributed by atoms with van der Waals surface area (Å²) in [6.45, 7) is 10.4. The predicted molar refractivity (Wildman–Crippen MR) is 71.0 cm³/mol. The highest BCUT2D eigenvalue weighted by molar-refractivity contribution is 7.09. The minimum absolute atomic E-state index is 0.0180. The van der Waals surface area contributed by atoms with Crippen molar-refractivity contribution < 1.29 is 4.79 Å². The summed E-state index contributed by atoms with van der Waals surface area (Å²) < 4.78 is 0. The Labute approximate surface area is 107 Å². The lowest BCUT2D eigenvalue weighted by molar-refractivity contribution is -0.124. The second-order valence-corrected chi connectivity index (χ2v) is 6.26. The van der Waals surface area contributed by atoms with Gasteiger partial charge in [0.05, 0.1) is 16.7 Å². The molecule has 1 aromatic rings. The van der Waals surface area contributed by atoms with Crippen LogP contribution >= 0.6 is 11.3 Å². The van der Waals surface area contributed by atoms with E-state index in [1.807, 2.05) is 40.0 Å². The second-order valence-electron chi connectivity index (χ2n) is 5.20. The van der Waals surface area contributed by atoms with Crippen LogP contribution in [-0.4, -0.2) is 22.5 Å². The van der Waals surface area contributed by atoms with E-state index >= 15 is 0 Å². The Bertz CT molecular complexity index is 381. The molecule has 0 spiro atoms. The van der Waals surface area contributed by atoms with Crippen molar-refractivity contribution in [2.45, 2.75) is 52.7 Å². The van der Waals surface area contributed by atoms with Crippen molar-refractivity contribution in [3.05, 3.63) is 16.1 Å².